The molecule has 0 saturated carbocycles. The molecule has 0 aliphatic rings. The third-order valence-electron chi connectivity index (χ3n) is 3.33. The van der Waals surface area contributed by atoms with Gasteiger partial charge in [-0.3, -0.25) is 4.79 Å². The quantitative estimate of drug-likeness (QED) is 0.742. The van der Waals surface area contributed by atoms with Crippen molar-refractivity contribution in [2.45, 2.75) is 19.6 Å². The van der Waals surface area contributed by atoms with Gasteiger partial charge in [0, 0.05) is 10.9 Å². The Morgan fingerprint density at radius 3 is 2.78 bits per heavy atom. The van der Waals surface area contributed by atoms with Crippen LogP contribution in [0.5, 0.6) is 5.75 Å². The van der Waals surface area contributed by atoms with E-state index in [1.807, 2.05) is 59.3 Å². The highest BCUT2D eigenvalue weighted by molar-refractivity contribution is 7.08. The van der Waals surface area contributed by atoms with Crippen molar-refractivity contribution in [2.75, 3.05) is 0 Å². The minimum absolute atomic E-state index is 0.178. The molecule has 1 unspecified atom stereocenters. The molecule has 0 aliphatic heterocycles. The summed E-state index contributed by atoms with van der Waals surface area (Å²) in [6.07, 6.45) is -0.566. The fourth-order valence-corrected chi connectivity index (χ4v) is 2.75. The van der Waals surface area contributed by atoms with Crippen LogP contribution in [0.2, 0.25) is 0 Å². The maximum atomic E-state index is 12.1. The Bertz CT molecular complexity index is 750. The van der Waals surface area contributed by atoms with E-state index in [0.717, 1.165) is 11.3 Å². The number of hydrogen-bond donors (Lipinski definition) is 1. The van der Waals surface area contributed by atoms with E-state index in [-0.39, 0.29) is 5.91 Å². The normalized spacial score (nSPS) is 11.9. The second-order valence-corrected chi connectivity index (χ2v) is 5.85. The average molecular weight is 327 g/mol. The minimum atomic E-state index is -0.566. The van der Waals surface area contributed by atoms with E-state index in [1.165, 1.54) is 0 Å². The highest BCUT2D eigenvalue weighted by Gasteiger charge is 2.15. The van der Waals surface area contributed by atoms with E-state index >= 15 is 0 Å². The van der Waals surface area contributed by atoms with Crippen LogP contribution in [0.25, 0.3) is 11.3 Å². The molecule has 118 valence electrons. The van der Waals surface area contributed by atoms with Gasteiger partial charge in [0.1, 0.15) is 17.3 Å². The van der Waals surface area contributed by atoms with Crippen molar-refractivity contribution in [2.24, 2.45) is 0 Å². The Kier molecular flexibility index (Phi) is 4.78. The molecule has 5 heteroatoms. The Morgan fingerprint density at radius 1 is 1.22 bits per heavy atom. The van der Waals surface area contributed by atoms with Crippen molar-refractivity contribution < 1.29 is 13.9 Å². The van der Waals surface area contributed by atoms with Gasteiger partial charge in [-0.05, 0) is 42.6 Å². The number of hydrogen-bond acceptors (Lipinski definition) is 4. The summed E-state index contributed by atoms with van der Waals surface area (Å²) >= 11 is 1.62. The number of ether oxygens (including phenoxy) is 1. The topological polar surface area (TPSA) is 51.5 Å². The first-order valence-electron chi connectivity index (χ1n) is 7.33. The molecule has 0 fully saturated rings. The van der Waals surface area contributed by atoms with Crippen LogP contribution < -0.4 is 10.1 Å². The van der Waals surface area contributed by atoms with E-state index in [2.05, 4.69) is 5.32 Å². The largest absolute Gasteiger partial charge is 0.481 e. The zero-order valence-corrected chi connectivity index (χ0v) is 13.5. The van der Waals surface area contributed by atoms with E-state index in [4.69, 9.17) is 9.15 Å². The molecule has 0 bridgehead atoms. The van der Waals surface area contributed by atoms with Gasteiger partial charge in [-0.2, -0.15) is 11.3 Å². The summed E-state index contributed by atoms with van der Waals surface area (Å²) in [6.45, 7) is 2.06. The van der Waals surface area contributed by atoms with Gasteiger partial charge in [-0.25, -0.2) is 0 Å². The second-order valence-electron chi connectivity index (χ2n) is 5.07. The zero-order valence-electron chi connectivity index (χ0n) is 12.7. The van der Waals surface area contributed by atoms with Crippen molar-refractivity contribution in [3.63, 3.8) is 0 Å². The Morgan fingerprint density at radius 2 is 2.04 bits per heavy atom. The molecule has 3 aromatic rings. The van der Waals surface area contributed by atoms with Crippen LogP contribution in [0, 0.1) is 0 Å². The molecule has 0 radical (unpaired) electrons. The van der Waals surface area contributed by atoms with Gasteiger partial charge < -0.3 is 14.5 Å². The monoisotopic (exact) mass is 327 g/mol. The van der Waals surface area contributed by atoms with Gasteiger partial charge in [-0.15, -0.1) is 0 Å². The van der Waals surface area contributed by atoms with Crippen LogP contribution in [0.4, 0.5) is 0 Å². The van der Waals surface area contributed by atoms with Crippen molar-refractivity contribution in [3.8, 4) is 17.1 Å². The lowest BCUT2D eigenvalue weighted by molar-refractivity contribution is -0.127. The highest BCUT2D eigenvalue weighted by atomic mass is 32.1. The van der Waals surface area contributed by atoms with Gasteiger partial charge >= 0.3 is 0 Å². The summed E-state index contributed by atoms with van der Waals surface area (Å²) < 4.78 is 11.3. The molecule has 23 heavy (non-hydrogen) atoms. The van der Waals surface area contributed by atoms with Crippen molar-refractivity contribution in [1.29, 1.82) is 0 Å². The van der Waals surface area contributed by atoms with Gasteiger partial charge in [0.25, 0.3) is 5.91 Å². The smallest absolute Gasteiger partial charge is 0.261 e. The predicted molar refractivity (Wildman–Crippen MR) is 90.4 cm³/mol. The van der Waals surface area contributed by atoms with Crippen LogP contribution in [0.3, 0.4) is 0 Å². The first-order valence-corrected chi connectivity index (χ1v) is 8.27. The Labute approximate surface area is 138 Å². The number of carbonyl (C=O) groups is 1. The third-order valence-corrected chi connectivity index (χ3v) is 4.01. The first kappa shape index (κ1) is 15.4. The maximum Gasteiger partial charge on any atom is 0.261 e. The van der Waals surface area contributed by atoms with Crippen molar-refractivity contribution >= 4 is 17.2 Å². The number of para-hydroxylation sites is 1. The van der Waals surface area contributed by atoms with Gasteiger partial charge in [-0.1, -0.05) is 18.2 Å². The molecule has 1 N–H and O–H groups in total. The van der Waals surface area contributed by atoms with Crippen LogP contribution >= 0.6 is 11.3 Å². The maximum absolute atomic E-state index is 12.1. The van der Waals surface area contributed by atoms with Gasteiger partial charge in [0.15, 0.2) is 6.10 Å². The highest BCUT2D eigenvalue weighted by Crippen LogP contribution is 2.24. The fourth-order valence-electron chi connectivity index (χ4n) is 2.11. The molecule has 2 aromatic heterocycles. The van der Waals surface area contributed by atoms with Gasteiger partial charge in [0.2, 0.25) is 0 Å². The Balaban J connectivity index is 1.52. The summed E-state index contributed by atoms with van der Waals surface area (Å²) in [7, 11) is 0. The van der Waals surface area contributed by atoms with E-state index in [1.54, 1.807) is 18.3 Å². The van der Waals surface area contributed by atoms with Gasteiger partial charge in [0.05, 0.1) is 6.54 Å². The lowest BCUT2D eigenvalue weighted by Crippen LogP contribution is -2.35. The molecule has 1 atom stereocenters. The summed E-state index contributed by atoms with van der Waals surface area (Å²) in [5, 5.41) is 6.85. The fraction of sp³-hybridized carbons (Fsp3) is 0.167. The number of nitrogens with one attached hydrogen (secondary N) is 1. The number of benzene rings is 1. The molecule has 2 heterocycles. The molecule has 0 aliphatic carbocycles. The molecule has 0 spiro atoms. The third kappa shape index (κ3) is 4.02. The van der Waals surface area contributed by atoms with E-state index < -0.39 is 6.10 Å². The molecule has 0 saturated heterocycles. The van der Waals surface area contributed by atoms with Crippen molar-refractivity contribution in [1.82, 2.24) is 5.32 Å². The summed E-state index contributed by atoms with van der Waals surface area (Å²) in [5.41, 5.74) is 1.05. The number of rotatable bonds is 6. The van der Waals surface area contributed by atoms with Crippen LogP contribution in [0.15, 0.2) is 63.7 Å². The minimum Gasteiger partial charge on any atom is -0.481 e. The lowest BCUT2D eigenvalue weighted by Gasteiger charge is -2.14. The SMILES string of the molecule is CC(Oc1ccccc1)C(=O)NCc1ccc(-c2ccsc2)o1. The zero-order chi connectivity index (χ0) is 16.1. The first-order chi connectivity index (χ1) is 11.2. The standard InChI is InChI=1S/C18H17NO3S/c1-13(21-15-5-3-2-4-6-15)18(20)19-11-16-7-8-17(22-16)14-9-10-23-12-14/h2-10,12-13H,11H2,1H3,(H,19,20). The molecular formula is C18H17NO3S. The van der Waals surface area contributed by atoms with Crippen LogP contribution in [-0.4, -0.2) is 12.0 Å². The number of thiophene rings is 1. The molecule has 1 amide bonds. The van der Waals surface area contributed by atoms with Crippen molar-refractivity contribution in [3.05, 3.63) is 65.1 Å². The summed E-state index contributed by atoms with van der Waals surface area (Å²) in [6, 6.07) is 15.1. The van der Waals surface area contributed by atoms with Crippen LogP contribution in [-0.2, 0) is 11.3 Å². The second kappa shape index (κ2) is 7.15. The number of amides is 1. The molecular weight excluding hydrogens is 310 g/mol. The Hall–Kier alpha value is -2.53. The number of carbonyl (C=O) groups excluding carboxylic acids is 1. The van der Waals surface area contributed by atoms with E-state index in [9.17, 15) is 4.79 Å². The summed E-state index contributed by atoms with van der Waals surface area (Å²) in [4.78, 5) is 12.1. The molecule has 4 nitrogen and oxygen atoms in total. The lowest BCUT2D eigenvalue weighted by atomic mass is 10.3. The molecule has 3 rings (SSSR count). The summed E-state index contributed by atoms with van der Waals surface area (Å²) in [5.74, 6) is 2.02. The number of furan rings is 1. The van der Waals surface area contributed by atoms with Crippen LogP contribution in [0.1, 0.15) is 12.7 Å². The molecule has 1 aromatic carbocycles. The predicted octanol–water partition coefficient (Wildman–Crippen LogP) is 4.09. The average Bonchev–Trinajstić information content (AvgIpc) is 3.24. The van der Waals surface area contributed by atoms with E-state index in [0.29, 0.717) is 18.1 Å².